The Morgan fingerprint density at radius 2 is 1.87 bits per heavy atom. The minimum absolute atomic E-state index is 0.259. The van der Waals surface area contributed by atoms with Gasteiger partial charge in [0.05, 0.1) is 11.9 Å². The maximum Gasteiger partial charge on any atom is 0.203 e. The third-order valence-corrected chi connectivity index (χ3v) is 5.19. The standard InChI is InChI=1S/C23H17ClFN3OS/c24-19-8-6-18(7-9-19)22-15-30-23(27-22)28-26-13-17-2-1-3-21(12-17)29-14-16-4-10-20(25)11-5-16/h1-13,15H,14H2,(H,27,28)/b26-13-. The second-order valence-electron chi connectivity index (χ2n) is 6.40. The number of hydrazone groups is 1. The van der Waals surface area contributed by atoms with Gasteiger partial charge in [-0.1, -0.05) is 48.0 Å². The van der Waals surface area contributed by atoms with Gasteiger partial charge in [0, 0.05) is 16.0 Å². The monoisotopic (exact) mass is 437 g/mol. The summed E-state index contributed by atoms with van der Waals surface area (Å²) in [6.07, 6.45) is 1.70. The molecule has 0 aliphatic carbocycles. The summed E-state index contributed by atoms with van der Waals surface area (Å²) < 4.78 is 18.7. The van der Waals surface area contributed by atoms with Crippen molar-refractivity contribution < 1.29 is 9.13 Å². The van der Waals surface area contributed by atoms with Gasteiger partial charge < -0.3 is 4.74 Å². The minimum Gasteiger partial charge on any atom is -0.489 e. The highest BCUT2D eigenvalue weighted by Crippen LogP contribution is 2.26. The number of thiazole rings is 1. The summed E-state index contributed by atoms with van der Waals surface area (Å²) in [4.78, 5) is 4.53. The summed E-state index contributed by atoms with van der Waals surface area (Å²) in [5, 5.41) is 7.61. The van der Waals surface area contributed by atoms with Crippen molar-refractivity contribution in [2.45, 2.75) is 6.61 Å². The van der Waals surface area contributed by atoms with Crippen molar-refractivity contribution in [1.82, 2.24) is 4.98 Å². The number of halogens is 2. The molecule has 7 heteroatoms. The Morgan fingerprint density at radius 3 is 2.67 bits per heavy atom. The molecule has 0 atom stereocenters. The lowest BCUT2D eigenvalue weighted by Gasteiger charge is -2.07. The zero-order chi connectivity index (χ0) is 20.8. The van der Waals surface area contributed by atoms with E-state index in [1.807, 2.05) is 53.9 Å². The van der Waals surface area contributed by atoms with Gasteiger partial charge >= 0.3 is 0 Å². The van der Waals surface area contributed by atoms with Gasteiger partial charge in [0.1, 0.15) is 18.2 Å². The largest absolute Gasteiger partial charge is 0.489 e. The predicted molar refractivity (Wildman–Crippen MR) is 121 cm³/mol. The van der Waals surface area contributed by atoms with Crippen LogP contribution < -0.4 is 10.2 Å². The molecule has 1 aromatic heterocycles. The van der Waals surface area contributed by atoms with Crippen LogP contribution in [0.15, 0.2) is 83.3 Å². The van der Waals surface area contributed by atoms with Crippen LogP contribution in [0.4, 0.5) is 9.52 Å². The van der Waals surface area contributed by atoms with Crippen LogP contribution in [0.2, 0.25) is 5.02 Å². The van der Waals surface area contributed by atoms with Crippen LogP contribution in [0, 0.1) is 5.82 Å². The van der Waals surface area contributed by atoms with Gasteiger partial charge in [-0.05, 0) is 47.5 Å². The lowest BCUT2D eigenvalue weighted by molar-refractivity contribution is 0.306. The van der Waals surface area contributed by atoms with E-state index >= 15 is 0 Å². The van der Waals surface area contributed by atoms with Gasteiger partial charge in [0.2, 0.25) is 5.13 Å². The van der Waals surface area contributed by atoms with Gasteiger partial charge in [0.15, 0.2) is 0 Å². The zero-order valence-corrected chi connectivity index (χ0v) is 17.3. The number of nitrogens with zero attached hydrogens (tertiary/aromatic N) is 2. The van der Waals surface area contributed by atoms with Gasteiger partial charge in [-0.25, -0.2) is 9.37 Å². The molecule has 0 fully saturated rings. The van der Waals surface area contributed by atoms with Gasteiger partial charge in [0.25, 0.3) is 0 Å². The van der Waals surface area contributed by atoms with E-state index in [1.54, 1.807) is 18.3 Å². The molecule has 4 aromatic rings. The molecular weight excluding hydrogens is 421 g/mol. The molecule has 3 aromatic carbocycles. The Hall–Kier alpha value is -3.22. The second-order valence-corrected chi connectivity index (χ2v) is 7.70. The molecule has 4 rings (SSSR count). The first kappa shape index (κ1) is 20.1. The highest BCUT2D eigenvalue weighted by atomic mass is 35.5. The Morgan fingerprint density at radius 1 is 1.07 bits per heavy atom. The number of hydrogen-bond donors (Lipinski definition) is 1. The van der Waals surface area contributed by atoms with E-state index in [4.69, 9.17) is 16.3 Å². The molecule has 0 saturated carbocycles. The highest BCUT2D eigenvalue weighted by Gasteiger charge is 2.04. The average molecular weight is 438 g/mol. The Labute approximate surface area is 182 Å². The first-order chi connectivity index (χ1) is 14.7. The maximum atomic E-state index is 13.0. The second kappa shape index (κ2) is 9.52. The highest BCUT2D eigenvalue weighted by molar-refractivity contribution is 7.14. The molecular formula is C23H17ClFN3OS. The van der Waals surface area contributed by atoms with Crippen LogP contribution in [0.3, 0.4) is 0 Å². The molecule has 0 unspecified atom stereocenters. The summed E-state index contributed by atoms with van der Waals surface area (Å²) in [6.45, 7) is 0.367. The molecule has 0 amide bonds. The van der Waals surface area contributed by atoms with Crippen molar-refractivity contribution in [3.05, 3.63) is 100 Å². The van der Waals surface area contributed by atoms with Crippen molar-refractivity contribution in [2.24, 2.45) is 5.10 Å². The number of ether oxygens (including phenoxy) is 1. The van der Waals surface area contributed by atoms with Crippen LogP contribution >= 0.6 is 22.9 Å². The molecule has 150 valence electrons. The van der Waals surface area contributed by atoms with Crippen LogP contribution in [-0.4, -0.2) is 11.2 Å². The lowest BCUT2D eigenvalue weighted by atomic mass is 10.2. The summed E-state index contributed by atoms with van der Waals surface area (Å²) in [7, 11) is 0. The molecule has 0 radical (unpaired) electrons. The third-order valence-electron chi connectivity index (χ3n) is 4.19. The van der Waals surface area contributed by atoms with Crippen LogP contribution in [0.5, 0.6) is 5.75 Å². The quantitative estimate of drug-likeness (QED) is 0.261. The minimum atomic E-state index is -0.259. The molecule has 0 aliphatic heterocycles. The summed E-state index contributed by atoms with van der Waals surface area (Å²) in [5.41, 5.74) is 6.60. The Bertz CT molecular complexity index is 1140. The summed E-state index contributed by atoms with van der Waals surface area (Å²) >= 11 is 7.40. The number of rotatable bonds is 7. The predicted octanol–water partition coefficient (Wildman–Crippen LogP) is 6.63. The lowest BCUT2D eigenvalue weighted by Crippen LogP contribution is -1.96. The van der Waals surface area contributed by atoms with Gasteiger partial charge in [-0.15, -0.1) is 11.3 Å². The normalized spacial score (nSPS) is 11.0. The fourth-order valence-corrected chi connectivity index (χ4v) is 3.47. The molecule has 0 saturated heterocycles. The fourth-order valence-electron chi connectivity index (χ4n) is 2.67. The molecule has 4 nitrogen and oxygen atoms in total. The molecule has 1 N–H and O–H groups in total. The van der Waals surface area contributed by atoms with Crippen molar-refractivity contribution in [3.63, 3.8) is 0 Å². The van der Waals surface area contributed by atoms with Crippen molar-refractivity contribution in [3.8, 4) is 17.0 Å². The molecule has 1 heterocycles. The van der Waals surface area contributed by atoms with E-state index in [0.29, 0.717) is 22.5 Å². The number of hydrogen-bond acceptors (Lipinski definition) is 5. The van der Waals surface area contributed by atoms with E-state index in [0.717, 1.165) is 22.4 Å². The zero-order valence-electron chi connectivity index (χ0n) is 15.8. The average Bonchev–Trinajstić information content (AvgIpc) is 3.23. The number of aromatic nitrogens is 1. The topological polar surface area (TPSA) is 46.5 Å². The molecule has 0 aliphatic rings. The molecule has 0 spiro atoms. The Kier molecular flexibility index (Phi) is 6.37. The maximum absolute atomic E-state index is 13.0. The molecule has 0 bridgehead atoms. The van der Waals surface area contributed by atoms with Crippen LogP contribution in [0.25, 0.3) is 11.3 Å². The van der Waals surface area contributed by atoms with E-state index in [1.165, 1.54) is 23.5 Å². The van der Waals surface area contributed by atoms with Crippen LogP contribution in [-0.2, 0) is 6.61 Å². The number of nitrogens with one attached hydrogen (secondary N) is 1. The van der Waals surface area contributed by atoms with Gasteiger partial charge in [-0.2, -0.15) is 5.10 Å². The fraction of sp³-hybridized carbons (Fsp3) is 0.0435. The number of benzene rings is 3. The van der Waals surface area contributed by atoms with Crippen molar-refractivity contribution in [2.75, 3.05) is 5.43 Å². The SMILES string of the molecule is Fc1ccc(COc2cccc(/C=N\Nc3nc(-c4ccc(Cl)cc4)cs3)c2)cc1. The first-order valence-electron chi connectivity index (χ1n) is 9.13. The smallest absolute Gasteiger partial charge is 0.203 e. The summed E-state index contributed by atoms with van der Waals surface area (Å²) in [6, 6.07) is 21.4. The number of anilines is 1. The van der Waals surface area contributed by atoms with Crippen LogP contribution in [0.1, 0.15) is 11.1 Å². The Balaban J connectivity index is 1.34. The van der Waals surface area contributed by atoms with Crippen molar-refractivity contribution >= 4 is 34.3 Å². The van der Waals surface area contributed by atoms with Gasteiger partial charge in [-0.3, -0.25) is 5.43 Å². The van der Waals surface area contributed by atoms with E-state index in [9.17, 15) is 4.39 Å². The molecule has 30 heavy (non-hydrogen) atoms. The van der Waals surface area contributed by atoms with Crippen molar-refractivity contribution in [1.29, 1.82) is 0 Å². The summed E-state index contributed by atoms with van der Waals surface area (Å²) in [5.74, 6) is 0.451. The van der Waals surface area contributed by atoms with E-state index in [-0.39, 0.29) is 5.82 Å². The third kappa shape index (κ3) is 5.43. The van der Waals surface area contributed by atoms with E-state index < -0.39 is 0 Å². The first-order valence-corrected chi connectivity index (χ1v) is 10.4. The van der Waals surface area contributed by atoms with E-state index in [2.05, 4.69) is 15.5 Å².